The highest BCUT2D eigenvalue weighted by molar-refractivity contribution is 7.13. The van der Waals surface area contributed by atoms with E-state index in [0.717, 1.165) is 10.6 Å². The van der Waals surface area contributed by atoms with Gasteiger partial charge in [-0.05, 0) is 23.6 Å². The van der Waals surface area contributed by atoms with Crippen molar-refractivity contribution in [3.8, 4) is 16.4 Å². The largest absolute Gasteiger partial charge is 0.339 e. The van der Waals surface area contributed by atoms with Gasteiger partial charge >= 0.3 is 0 Å². The van der Waals surface area contributed by atoms with Crippen LogP contribution in [0, 0.1) is 0 Å². The quantitative estimate of drug-likeness (QED) is 0.563. The molecule has 130 valence electrons. The van der Waals surface area contributed by atoms with Gasteiger partial charge in [-0.1, -0.05) is 23.4 Å². The van der Waals surface area contributed by atoms with Crippen LogP contribution in [-0.2, 0) is 11.2 Å². The van der Waals surface area contributed by atoms with Crippen LogP contribution < -0.4 is 5.32 Å². The first-order valence-electron chi connectivity index (χ1n) is 7.90. The van der Waals surface area contributed by atoms with Gasteiger partial charge in [0.2, 0.25) is 17.6 Å². The van der Waals surface area contributed by atoms with Gasteiger partial charge in [0.05, 0.1) is 16.3 Å². The Kier molecular flexibility index (Phi) is 4.52. The molecule has 8 nitrogen and oxygen atoms in total. The van der Waals surface area contributed by atoms with Crippen molar-refractivity contribution in [2.24, 2.45) is 0 Å². The zero-order valence-corrected chi connectivity index (χ0v) is 14.4. The SMILES string of the molecule is O=C(CCc1nc(-c2cccs2)no1)Nc1ccccc1-n1cncn1. The molecule has 1 aromatic carbocycles. The molecule has 9 heteroatoms. The third kappa shape index (κ3) is 3.52. The summed E-state index contributed by atoms with van der Waals surface area (Å²) in [5.74, 6) is 0.841. The molecule has 0 aliphatic rings. The van der Waals surface area contributed by atoms with Crippen LogP contribution in [0.5, 0.6) is 0 Å². The van der Waals surface area contributed by atoms with Crippen molar-refractivity contribution < 1.29 is 9.32 Å². The standard InChI is InChI=1S/C17H14N6O2S/c24-15(7-8-16-21-17(22-25-16)14-6-3-9-26-14)20-12-4-1-2-5-13(12)23-11-18-10-19-23/h1-6,9-11H,7-8H2,(H,20,24). The first-order valence-corrected chi connectivity index (χ1v) is 8.78. The van der Waals surface area contributed by atoms with Crippen LogP contribution >= 0.6 is 11.3 Å². The van der Waals surface area contributed by atoms with Crippen LogP contribution in [0.1, 0.15) is 12.3 Å². The minimum absolute atomic E-state index is 0.145. The van der Waals surface area contributed by atoms with Crippen molar-refractivity contribution in [2.75, 3.05) is 5.32 Å². The Morgan fingerprint density at radius 1 is 1.23 bits per heavy atom. The van der Waals surface area contributed by atoms with Crippen LogP contribution in [0.3, 0.4) is 0 Å². The number of amides is 1. The number of hydrogen-bond donors (Lipinski definition) is 1. The summed E-state index contributed by atoms with van der Waals surface area (Å²) >= 11 is 1.54. The zero-order valence-electron chi connectivity index (χ0n) is 13.6. The highest BCUT2D eigenvalue weighted by Crippen LogP contribution is 2.22. The van der Waals surface area contributed by atoms with E-state index >= 15 is 0 Å². The van der Waals surface area contributed by atoms with Crippen LogP contribution in [-0.4, -0.2) is 30.8 Å². The molecule has 0 unspecified atom stereocenters. The van der Waals surface area contributed by atoms with Crippen molar-refractivity contribution in [3.05, 3.63) is 60.3 Å². The van der Waals surface area contributed by atoms with E-state index in [1.54, 1.807) is 11.0 Å². The second-order valence-corrected chi connectivity index (χ2v) is 6.34. The Labute approximate surface area is 152 Å². The number of carbonyl (C=O) groups is 1. The van der Waals surface area contributed by atoms with Crippen LogP contribution in [0.4, 0.5) is 5.69 Å². The van der Waals surface area contributed by atoms with Gasteiger partial charge in [0.25, 0.3) is 0 Å². The molecule has 4 aromatic rings. The van der Waals surface area contributed by atoms with Crippen LogP contribution in [0.25, 0.3) is 16.4 Å². The van der Waals surface area contributed by atoms with Gasteiger partial charge in [-0.15, -0.1) is 11.3 Å². The van der Waals surface area contributed by atoms with E-state index in [-0.39, 0.29) is 12.3 Å². The molecule has 3 heterocycles. The molecule has 0 saturated heterocycles. The summed E-state index contributed by atoms with van der Waals surface area (Å²) in [6.45, 7) is 0. The summed E-state index contributed by atoms with van der Waals surface area (Å²) in [6, 6.07) is 11.2. The molecule has 0 bridgehead atoms. The summed E-state index contributed by atoms with van der Waals surface area (Å²) < 4.78 is 6.81. The van der Waals surface area contributed by atoms with Crippen molar-refractivity contribution in [3.63, 3.8) is 0 Å². The first kappa shape index (κ1) is 16.2. The summed E-state index contributed by atoms with van der Waals surface area (Å²) in [5.41, 5.74) is 1.41. The van der Waals surface area contributed by atoms with E-state index < -0.39 is 0 Å². The molecule has 26 heavy (non-hydrogen) atoms. The predicted molar refractivity (Wildman–Crippen MR) is 95.9 cm³/mol. The molecule has 0 fully saturated rings. The Bertz CT molecular complexity index is 994. The molecular weight excluding hydrogens is 352 g/mol. The average molecular weight is 366 g/mol. The Morgan fingerprint density at radius 3 is 2.96 bits per heavy atom. The lowest BCUT2D eigenvalue weighted by atomic mass is 10.2. The number of aryl methyl sites for hydroxylation is 1. The van der Waals surface area contributed by atoms with Gasteiger partial charge in [-0.2, -0.15) is 10.1 Å². The maximum atomic E-state index is 12.3. The fourth-order valence-corrected chi connectivity index (χ4v) is 3.06. The van der Waals surface area contributed by atoms with Crippen LogP contribution in [0.2, 0.25) is 0 Å². The highest BCUT2D eigenvalue weighted by Gasteiger charge is 2.13. The molecule has 0 radical (unpaired) electrons. The number of nitrogens with one attached hydrogen (secondary N) is 1. The smallest absolute Gasteiger partial charge is 0.227 e. The Morgan fingerprint density at radius 2 is 2.15 bits per heavy atom. The topological polar surface area (TPSA) is 98.7 Å². The number of nitrogens with zero attached hydrogens (tertiary/aromatic N) is 5. The summed E-state index contributed by atoms with van der Waals surface area (Å²) in [4.78, 5) is 21.5. The van der Waals surface area contributed by atoms with Gasteiger partial charge in [-0.25, -0.2) is 9.67 Å². The highest BCUT2D eigenvalue weighted by atomic mass is 32.1. The van der Waals surface area contributed by atoms with E-state index in [2.05, 4.69) is 25.5 Å². The van der Waals surface area contributed by atoms with E-state index in [0.29, 0.717) is 23.8 Å². The van der Waals surface area contributed by atoms with E-state index in [1.165, 1.54) is 17.7 Å². The van der Waals surface area contributed by atoms with E-state index in [1.807, 2.05) is 41.8 Å². The summed E-state index contributed by atoms with van der Waals surface area (Å²) in [6.07, 6.45) is 3.63. The number of anilines is 1. The lowest BCUT2D eigenvalue weighted by molar-refractivity contribution is -0.116. The van der Waals surface area contributed by atoms with Gasteiger partial charge in [-0.3, -0.25) is 4.79 Å². The van der Waals surface area contributed by atoms with E-state index in [4.69, 9.17) is 4.52 Å². The minimum Gasteiger partial charge on any atom is -0.339 e. The molecule has 1 amide bonds. The molecule has 0 spiro atoms. The molecule has 0 aliphatic heterocycles. The third-order valence-electron chi connectivity index (χ3n) is 3.62. The predicted octanol–water partition coefficient (Wildman–Crippen LogP) is 2.95. The van der Waals surface area contributed by atoms with Gasteiger partial charge in [0.1, 0.15) is 12.7 Å². The number of para-hydroxylation sites is 2. The summed E-state index contributed by atoms with van der Waals surface area (Å²) in [7, 11) is 0. The molecule has 0 aliphatic carbocycles. The van der Waals surface area contributed by atoms with Crippen molar-refractivity contribution in [2.45, 2.75) is 12.8 Å². The fraction of sp³-hybridized carbons (Fsp3) is 0.118. The second-order valence-electron chi connectivity index (χ2n) is 5.39. The van der Waals surface area contributed by atoms with Gasteiger partial charge < -0.3 is 9.84 Å². The van der Waals surface area contributed by atoms with Crippen molar-refractivity contribution >= 4 is 22.9 Å². The number of rotatable bonds is 6. The molecule has 0 atom stereocenters. The van der Waals surface area contributed by atoms with Crippen molar-refractivity contribution in [1.29, 1.82) is 0 Å². The lowest BCUT2D eigenvalue weighted by Crippen LogP contribution is -2.14. The van der Waals surface area contributed by atoms with Crippen molar-refractivity contribution in [1.82, 2.24) is 24.9 Å². The number of hydrogen-bond acceptors (Lipinski definition) is 7. The molecular formula is C17H14N6O2S. The average Bonchev–Trinajstić information content (AvgIpc) is 3.42. The summed E-state index contributed by atoms with van der Waals surface area (Å²) in [5, 5.41) is 12.9. The number of carbonyl (C=O) groups excluding carboxylic acids is 1. The zero-order chi connectivity index (χ0) is 17.8. The maximum absolute atomic E-state index is 12.3. The molecule has 1 N–H and O–H groups in total. The van der Waals surface area contributed by atoms with Crippen LogP contribution in [0.15, 0.2) is 59.0 Å². The number of benzene rings is 1. The number of thiophene rings is 1. The fourth-order valence-electron chi connectivity index (χ4n) is 2.41. The molecule has 3 aromatic heterocycles. The number of aromatic nitrogens is 5. The minimum atomic E-state index is -0.145. The third-order valence-corrected chi connectivity index (χ3v) is 4.49. The normalized spacial score (nSPS) is 10.8. The lowest BCUT2D eigenvalue weighted by Gasteiger charge is -2.10. The maximum Gasteiger partial charge on any atom is 0.227 e. The Hall–Kier alpha value is -3.33. The monoisotopic (exact) mass is 366 g/mol. The van der Waals surface area contributed by atoms with Gasteiger partial charge in [0.15, 0.2) is 0 Å². The molecule has 4 rings (SSSR count). The molecule has 0 saturated carbocycles. The first-order chi connectivity index (χ1) is 12.8. The second kappa shape index (κ2) is 7.28. The van der Waals surface area contributed by atoms with E-state index in [9.17, 15) is 4.79 Å². The Balaban J connectivity index is 1.39. The van der Waals surface area contributed by atoms with Gasteiger partial charge in [0, 0.05) is 12.8 Å².